The molecule has 0 spiro atoms. The molecule has 7 heteroatoms. The summed E-state index contributed by atoms with van der Waals surface area (Å²) in [5, 5.41) is 17.4. The van der Waals surface area contributed by atoms with Crippen molar-refractivity contribution in [1.29, 1.82) is 0 Å². The molecule has 2 N–H and O–H groups in total. The van der Waals surface area contributed by atoms with Gasteiger partial charge in [-0.1, -0.05) is 5.16 Å². The largest absolute Gasteiger partial charge is 0.409 e. The molecular formula is C10H15FN4O2. The highest BCUT2D eigenvalue weighted by Crippen LogP contribution is 2.33. The van der Waals surface area contributed by atoms with Gasteiger partial charge in [0.15, 0.2) is 0 Å². The summed E-state index contributed by atoms with van der Waals surface area (Å²) >= 11 is 0. The minimum Gasteiger partial charge on any atom is -0.409 e. The van der Waals surface area contributed by atoms with Crippen LogP contribution in [0.1, 0.15) is 19.9 Å². The summed E-state index contributed by atoms with van der Waals surface area (Å²) in [5.41, 5.74) is -1.30. The summed E-state index contributed by atoms with van der Waals surface area (Å²) in [4.78, 5) is 11.8. The summed E-state index contributed by atoms with van der Waals surface area (Å²) in [6, 6.07) is 0.693. The van der Waals surface area contributed by atoms with Gasteiger partial charge < -0.3 is 10.5 Å². The van der Waals surface area contributed by atoms with Crippen LogP contribution in [0.2, 0.25) is 0 Å². The van der Waals surface area contributed by atoms with Crippen LogP contribution in [0.25, 0.3) is 0 Å². The summed E-state index contributed by atoms with van der Waals surface area (Å²) in [6.45, 7) is 2.92. The highest BCUT2D eigenvalue weighted by molar-refractivity contribution is 5.90. The first kappa shape index (κ1) is 13.1. The third-order valence-electron chi connectivity index (χ3n) is 2.59. The maximum Gasteiger partial charge on any atom is 0.245 e. The molecule has 1 heterocycles. The van der Waals surface area contributed by atoms with Gasteiger partial charge in [-0.15, -0.1) is 0 Å². The van der Waals surface area contributed by atoms with Gasteiger partial charge in [0, 0.05) is 19.4 Å². The predicted octanol–water partition coefficient (Wildman–Crippen LogP) is 0.954. The zero-order valence-corrected chi connectivity index (χ0v) is 9.88. The van der Waals surface area contributed by atoms with Crippen LogP contribution in [0.15, 0.2) is 23.6 Å². The summed E-state index contributed by atoms with van der Waals surface area (Å²) < 4.78 is 14.9. The Bertz CT molecular complexity index is 414. The number of hydrogen-bond donors (Lipinski definition) is 2. The van der Waals surface area contributed by atoms with Crippen molar-refractivity contribution in [3.63, 3.8) is 0 Å². The van der Waals surface area contributed by atoms with Gasteiger partial charge >= 0.3 is 0 Å². The first-order valence-electron chi connectivity index (χ1n) is 5.04. The first-order valence-corrected chi connectivity index (χ1v) is 5.04. The second-order valence-electron chi connectivity index (χ2n) is 4.12. The van der Waals surface area contributed by atoms with Crippen LogP contribution >= 0.6 is 0 Å². The number of rotatable bonds is 4. The highest BCUT2D eigenvalue weighted by Gasteiger charge is 2.42. The molecule has 1 amide bonds. The lowest BCUT2D eigenvalue weighted by Crippen LogP contribution is -2.43. The Kier molecular flexibility index (Phi) is 3.82. The van der Waals surface area contributed by atoms with Crippen LogP contribution in [0.3, 0.4) is 0 Å². The van der Waals surface area contributed by atoms with E-state index in [0.29, 0.717) is 0 Å². The number of aromatic nitrogens is 2. The second kappa shape index (κ2) is 4.94. The van der Waals surface area contributed by atoms with Crippen LogP contribution in [-0.2, 0) is 4.79 Å². The van der Waals surface area contributed by atoms with E-state index in [1.807, 2.05) is 0 Å². The van der Waals surface area contributed by atoms with E-state index in [1.165, 1.54) is 31.8 Å². The van der Waals surface area contributed by atoms with E-state index in [-0.39, 0.29) is 0 Å². The van der Waals surface area contributed by atoms with Crippen molar-refractivity contribution in [2.24, 2.45) is 10.6 Å². The standard InChI is InChI=1S/C10H15FN4O2/c1-10(2,9(11)14-17)7(8(16)12-3)15-6-4-5-13-15/h4-7,17H,1-3H3,(H,12,16). The Balaban J connectivity index is 3.21. The van der Waals surface area contributed by atoms with E-state index in [1.54, 1.807) is 12.3 Å². The Morgan fingerprint density at radius 3 is 2.71 bits per heavy atom. The van der Waals surface area contributed by atoms with Crippen LogP contribution in [0.4, 0.5) is 4.39 Å². The van der Waals surface area contributed by atoms with Gasteiger partial charge in [0.2, 0.25) is 11.9 Å². The van der Waals surface area contributed by atoms with Crippen LogP contribution < -0.4 is 5.32 Å². The molecule has 0 aliphatic rings. The molecule has 0 fully saturated rings. The van der Waals surface area contributed by atoms with E-state index >= 15 is 0 Å². The van der Waals surface area contributed by atoms with Gasteiger partial charge in [0.25, 0.3) is 0 Å². The normalized spacial score (nSPS) is 14.5. The number of carbonyl (C=O) groups excluding carboxylic acids is 1. The maximum absolute atomic E-state index is 13.5. The molecule has 1 rings (SSSR count). The van der Waals surface area contributed by atoms with Gasteiger partial charge in [-0.05, 0) is 19.9 Å². The number of amides is 1. The SMILES string of the molecule is CNC(=O)C(n1cccn1)C(C)(C)C(F)=NO. The average molecular weight is 242 g/mol. The smallest absolute Gasteiger partial charge is 0.245 e. The lowest BCUT2D eigenvalue weighted by atomic mass is 9.84. The number of nitrogens with zero attached hydrogens (tertiary/aromatic N) is 3. The van der Waals surface area contributed by atoms with Gasteiger partial charge in [-0.3, -0.25) is 9.48 Å². The van der Waals surface area contributed by atoms with Crippen molar-refractivity contribution in [1.82, 2.24) is 15.1 Å². The molecule has 17 heavy (non-hydrogen) atoms. The minimum absolute atomic E-state index is 0.419. The molecule has 1 aromatic heterocycles. The molecule has 0 aromatic carbocycles. The van der Waals surface area contributed by atoms with Crippen LogP contribution in [0.5, 0.6) is 0 Å². The Morgan fingerprint density at radius 2 is 2.29 bits per heavy atom. The molecule has 1 atom stereocenters. The van der Waals surface area contributed by atoms with Crippen molar-refractivity contribution >= 4 is 11.9 Å². The lowest BCUT2D eigenvalue weighted by Gasteiger charge is -2.30. The molecular weight excluding hydrogens is 227 g/mol. The zero-order valence-electron chi connectivity index (χ0n) is 9.88. The van der Waals surface area contributed by atoms with Gasteiger partial charge in [0.05, 0.1) is 5.41 Å². The molecule has 6 nitrogen and oxygen atoms in total. The number of oxime groups is 1. The Hall–Kier alpha value is -1.92. The van der Waals surface area contributed by atoms with E-state index < -0.39 is 23.3 Å². The van der Waals surface area contributed by atoms with E-state index in [0.717, 1.165) is 0 Å². The molecule has 0 saturated carbocycles. The Morgan fingerprint density at radius 1 is 1.65 bits per heavy atom. The van der Waals surface area contributed by atoms with Crippen molar-refractivity contribution in [2.75, 3.05) is 7.05 Å². The van der Waals surface area contributed by atoms with Crippen molar-refractivity contribution in [2.45, 2.75) is 19.9 Å². The van der Waals surface area contributed by atoms with Gasteiger partial charge in [-0.25, -0.2) is 0 Å². The fourth-order valence-corrected chi connectivity index (χ4v) is 1.59. The third kappa shape index (κ3) is 2.43. The van der Waals surface area contributed by atoms with Gasteiger partial charge in [0.1, 0.15) is 6.04 Å². The molecule has 0 aliphatic carbocycles. The Labute approximate surface area is 98.1 Å². The van der Waals surface area contributed by atoms with Crippen molar-refractivity contribution in [3.8, 4) is 0 Å². The first-order chi connectivity index (χ1) is 7.95. The predicted molar refractivity (Wildman–Crippen MR) is 59.4 cm³/mol. The van der Waals surface area contributed by atoms with Gasteiger partial charge in [-0.2, -0.15) is 9.49 Å². The molecule has 94 valence electrons. The molecule has 0 radical (unpaired) electrons. The topological polar surface area (TPSA) is 79.5 Å². The zero-order chi connectivity index (χ0) is 13.1. The van der Waals surface area contributed by atoms with E-state index in [2.05, 4.69) is 15.6 Å². The molecule has 0 saturated heterocycles. The van der Waals surface area contributed by atoms with Crippen LogP contribution in [0, 0.1) is 5.41 Å². The highest BCUT2D eigenvalue weighted by atomic mass is 19.1. The number of halogens is 1. The molecule has 1 unspecified atom stereocenters. The lowest BCUT2D eigenvalue weighted by molar-refractivity contribution is -0.126. The molecule has 0 bridgehead atoms. The quantitative estimate of drug-likeness (QED) is 0.468. The van der Waals surface area contributed by atoms with Crippen LogP contribution in [-0.4, -0.2) is 33.9 Å². The maximum atomic E-state index is 13.5. The second-order valence-corrected chi connectivity index (χ2v) is 4.12. The van der Waals surface area contributed by atoms with Crippen molar-refractivity contribution in [3.05, 3.63) is 18.5 Å². The monoisotopic (exact) mass is 242 g/mol. The minimum atomic E-state index is -1.30. The molecule has 0 aliphatic heterocycles. The number of hydrogen-bond acceptors (Lipinski definition) is 4. The van der Waals surface area contributed by atoms with E-state index in [9.17, 15) is 9.18 Å². The van der Waals surface area contributed by atoms with E-state index in [4.69, 9.17) is 5.21 Å². The summed E-state index contributed by atoms with van der Waals surface area (Å²) in [7, 11) is 1.45. The van der Waals surface area contributed by atoms with Crippen molar-refractivity contribution < 1.29 is 14.4 Å². The molecule has 1 aromatic rings. The number of carbonyl (C=O) groups is 1. The number of nitrogens with one attached hydrogen (secondary N) is 1. The average Bonchev–Trinajstić information content (AvgIpc) is 2.80. The fourth-order valence-electron chi connectivity index (χ4n) is 1.59. The summed E-state index contributed by atoms with van der Waals surface area (Å²) in [6.07, 6.45) is 3.03. The summed E-state index contributed by atoms with van der Waals surface area (Å²) in [5.74, 6) is -1.45. The fraction of sp³-hybridized carbons (Fsp3) is 0.500. The number of likely N-dealkylation sites (N-methyl/N-ethyl adjacent to an activating group) is 1. The third-order valence-corrected chi connectivity index (χ3v) is 2.59.